The van der Waals surface area contributed by atoms with Crippen LogP contribution in [0.3, 0.4) is 0 Å². The van der Waals surface area contributed by atoms with E-state index in [0.717, 1.165) is 50.5 Å². The van der Waals surface area contributed by atoms with Crippen LogP contribution >= 0.6 is 0 Å². The number of pyridine rings is 1. The summed E-state index contributed by atoms with van der Waals surface area (Å²) in [6.45, 7) is 13.2. The molecule has 2 saturated carbocycles. The molecule has 0 radical (unpaired) electrons. The number of nitrogens with zero attached hydrogens (tertiary/aromatic N) is 2. The van der Waals surface area contributed by atoms with E-state index < -0.39 is 0 Å². The van der Waals surface area contributed by atoms with Crippen LogP contribution < -0.4 is 11.5 Å². The van der Waals surface area contributed by atoms with Gasteiger partial charge in [0.25, 0.3) is 6.47 Å². The van der Waals surface area contributed by atoms with Crippen LogP contribution in [0.1, 0.15) is 116 Å². The molecule has 280 valence electrons. The Morgan fingerprint density at radius 3 is 2.31 bits per heavy atom. The van der Waals surface area contributed by atoms with Crippen molar-refractivity contribution in [1.82, 2.24) is 9.88 Å². The second kappa shape index (κ2) is 18.6. The van der Waals surface area contributed by atoms with Crippen molar-refractivity contribution in [2.75, 3.05) is 13.6 Å². The number of esters is 1. The number of benzene rings is 1. The van der Waals surface area contributed by atoms with Gasteiger partial charge in [-0.05, 0) is 105 Å². The molecule has 51 heavy (non-hydrogen) atoms. The predicted molar refractivity (Wildman–Crippen MR) is 204 cm³/mol. The maximum atomic E-state index is 13.1. The van der Waals surface area contributed by atoms with Gasteiger partial charge in [0.05, 0.1) is 12.5 Å². The van der Waals surface area contributed by atoms with Crippen LogP contribution in [0.2, 0.25) is 0 Å². The largest absolute Gasteiger partial charge is 0.483 e. The predicted octanol–water partition coefficient (Wildman–Crippen LogP) is 7.72. The molecule has 9 nitrogen and oxygen atoms in total. The Morgan fingerprint density at radius 1 is 1.02 bits per heavy atom. The number of fused-ring (bicyclic) bond motifs is 5. The smallest absolute Gasteiger partial charge is 0.306 e. The van der Waals surface area contributed by atoms with Crippen molar-refractivity contribution in [2.24, 2.45) is 34.1 Å². The van der Waals surface area contributed by atoms with E-state index in [0.29, 0.717) is 18.4 Å². The van der Waals surface area contributed by atoms with E-state index in [1.165, 1.54) is 23.8 Å². The van der Waals surface area contributed by atoms with Gasteiger partial charge in [-0.3, -0.25) is 19.4 Å². The molecule has 1 amide bonds. The first-order chi connectivity index (χ1) is 24.5. The monoisotopic (exact) mass is 702 g/mol. The SMILES string of the molecule is CC.CCN(C(=O)CCC(=O)OC1CCC2(C)C(=CCC3(N)C2CCC2(C)C(c4cccnc4)=CCC23)C1)C(C)c1ccccc1.CN.O=CO. The maximum Gasteiger partial charge on any atom is 0.306 e. The zero-order chi connectivity index (χ0) is 37.8. The molecule has 0 aliphatic heterocycles. The fourth-order valence-electron chi connectivity index (χ4n) is 9.65. The molecule has 5 N–H and O–H groups in total. The minimum absolute atomic E-state index is 0.0105. The highest BCUT2D eigenvalue weighted by molar-refractivity contribution is 5.81. The van der Waals surface area contributed by atoms with Gasteiger partial charge in [0, 0.05) is 37.3 Å². The number of nitrogens with two attached hydrogens (primary N) is 2. The Morgan fingerprint density at radius 2 is 1.69 bits per heavy atom. The van der Waals surface area contributed by atoms with Gasteiger partial charge in [0.15, 0.2) is 0 Å². The molecule has 7 unspecified atom stereocenters. The Balaban J connectivity index is 0.000000938. The van der Waals surface area contributed by atoms with Crippen LogP contribution in [0.5, 0.6) is 0 Å². The summed E-state index contributed by atoms with van der Waals surface area (Å²) in [5, 5.41) is 6.89. The first kappa shape index (κ1) is 41.6. The van der Waals surface area contributed by atoms with Gasteiger partial charge in [-0.1, -0.05) is 81.8 Å². The highest BCUT2D eigenvalue weighted by atomic mass is 16.5. The molecular formula is C42H62N4O5. The number of carbonyl (C=O) groups excluding carboxylic acids is 2. The second-order valence-electron chi connectivity index (χ2n) is 14.3. The molecule has 4 aliphatic carbocycles. The lowest BCUT2D eigenvalue weighted by Gasteiger charge is -2.62. The lowest BCUT2D eigenvalue weighted by Crippen LogP contribution is -2.65. The molecule has 4 aliphatic rings. The summed E-state index contributed by atoms with van der Waals surface area (Å²) in [6, 6.07) is 14.2. The average molecular weight is 703 g/mol. The van der Waals surface area contributed by atoms with Gasteiger partial charge in [0.1, 0.15) is 6.10 Å². The second-order valence-corrected chi connectivity index (χ2v) is 14.3. The number of allylic oxidation sites excluding steroid dienone is 2. The van der Waals surface area contributed by atoms with Crippen LogP contribution in [0.15, 0.2) is 72.6 Å². The molecule has 0 bridgehead atoms. The molecule has 1 heterocycles. The van der Waals surface area contributed by atoms with Crippen molar-refractivity contribution in [3.63, 3.8) is 0 Å². The number of carbonyl (C=O) groups is 3. The summed E-state index contributed by atoms with van der Waals surface area (Å²) in [4.78, 5) is 40.6. The fourth-order valence-corrected chi connectivity index (χ4v) is 9.65. The summed E-state index contributed by atoms with van der Waals surface area (Å²) in [5.74, 6) is 0.534. The number of ether oxygens (including phenoxy) is 1. The standard InChI is InChI=1S/C38H49N3O3.C2H6.CH5N.CH2O2/c1-5-41(26(2)27-10-7-6-8-11-27)34(42)15-16-35(43)44-30-18-20-36(3)29(24-30)17-22-38(39)32-14-13-31(28-12-9-23-40-25-28)37(32,4)21-19-33(36)38;2*1-2;2-1-3/h6-13,17,23,25-26,30,32-33H,5,14-16,18-22,24,39H2,1-4H3;1-2H3;2H2,1H3;1H,(H,2,3). The summed E-state index contributed by atoms with van der Waals surface area (Å²) in [7, 11) is 1.50. The number of carboxylic acid groups (broad SMARTS) is 1. The summed E-state index contributed by atoms with van der Waals surface area (Å²) < 4.78 is 6.01. The Kier molecular flexibility index (Phi) is 15.2. The highest BCUT2D eigenvalue weighted by Gasteiger charge is 2.62. The number of hydrogen-bond acceptors (Lipinski definition) is 7. The average Bonchev–Trinajstić information content (AvgIpc) is 3.52. The Hall–Kier alpha value is -3.82. The van der Waals surface area contributed by atoms with E-state index >= 15 is 0 Å². The molecule has 6 rings (SSSR count). The molecule has 1 aromatic carbocycles. The lowest BCUT2D eigenvalue weighted by atomic mass is 9.44. The van der Waals surface area contributed by atoms with E-state index in [2.05, 4.69) is 42.8 Å². The van der Waals surface area contributed by atoms with Crippen LogP contribution in [0, 0.1) is 22.7 Å². The molecule has 2 fully saturated rings. The van der Waals surface area contributed by atoms with E-state index in [1.54, 1.807) is 0 Å². The van der Waals surface area contributed by atoms with Crippen molar-refractivity contribution in [1.29, 1.82) is 0 Å². The van der Waals surface area contributed by atoms with E-state index in [1.807, 2.05) is 81.4 Å². The van der Waals surface area contributed by atoms with Crippen LogP contribution in [0.4, 0.5) is 0 Å². The highest BCUT2D eigenvalue weighted by Crippen LogP contribution is 2.67. The molecular weight excluding hydrogens is 640 g/mol. The third-order valence-corrected chi connectivity index (χ3v) is 12.1. The van der Waals surface area contributed by atoms with Gasteiger partial charge in [0.2, 0.25) is 5.91 Å². The van der Waals surface area contributed by atoms with Crippen molar-refractivity contribution >= 4 is 23.9 Å². The van der Waals surface area contributed by atoms with Crippen molar-refractivity contribution in [3.8, 4) is 0 Å². The van der Waals surface area contributed by atoms with E-state index in [9.17, 15) is 9.59 Å². The zero-order valence-electron chi connectivity index (χ0n) is 31.9. The fraction of sp³-hybridized carbons (Fsp3) is 0.571. The summed E-state index contributed by atoms with van der Waals surface area (Å²) in [5.41, 5.74) is 17.0. The van der Waals surface area contributed by atoms with Gasteiger partial charge < -0.3 is 26.2 Å². The third-order valence-electron chi connectivity index (χ3n) is 12.1. The van der Waals surface area contributed by atoms with E-state index in [4.69, 9.17) is 20.4 Å². The summed E-state index contributed by atoms with van der Waals surface area (Å²) in [6.07, 6.45) is 15.6. The molecule has 2 aromatic rings. The van der Waals surface area contributed by atoms with Gasteiger partial charge >= 0.3 is 5.97 Å². The third kappa shape index (κ3) is 8.63. The molecule has 7 atom stereocenters. The van der Waals surface area contributed by atoms with Crippen molar-refractivity contribution < 1.29 is 24.2 Å². The molecule has 9 heteroatoms. The molecule has 0 spiro atoms. The van der Waals surface area contributed by atoms with Gasteiger partial charge in [-0.2, -0.15) is 0 Å². The van der Waals surface area contributed by atoms with Crippen LogP contribution in [0.25, 0.3) is 5.57 Å². The number of rotatable bonds is 8. The normalized spacial score (nSPS) is 29.1. The number of aromatic nitrogens is 1. The minimum atomic E-state index is -0.270. The van der Waals surface area contributed by atoms with Gasteiger partial charge in [-0.15, -0.1) is 0 Å². The molecule has 1 aromatic heterocycles. The number of amides is 1. The van der Waals surface area contributed by atoms with Crippen LogP contribution in [-0.2, 0) is 19.1 Å². The first-order valence-corrected chi connectivity index (χ1v) is 18.8. The Labute approximate surface area is 305 Å². The van der Waals surface area contributed by atoms with E-state index in [-0.39, 0.29) is 59.7 Å². The lowest BCUT2D eigenvalue weighted by molar-refractivity contribution is -0.153. The van der Waals surface area contributed by atoms with Crippen molar-refractivity contribution in [2.45, 2.75) is 117 Å². The van der Waals surface area contributed by atoms with Crippen molar-refractivity contribution in [3.05, 3.63) is 83.7 Å². The van der Waals surface area contributed by atoms with Gasteiger partial charge in [-0.25, -0.2) is 0 Å². The zero-order valence-corrected chi connectivity index (χ0v) is 31.9. The summed E-state index contributed by atoms with van der Waals surface area (Å²) >= 11 is 0. The minimum Gasteiger partial charge on any atom is -0.483 e. The topological polar surface area (TPSA) is 149 Å². The molecule has 0 saturated heterocycles. The maximum absolute atomic E-state index is 13.1. The number of hydrogen-bond donors (Lipinski definition) is 3. The Bertz CT molecular complexity index is 1500. The quantitative estimate of drug-likeness (QED) is 0.144. The first-order valence-electron chi connectivity index (χ1n) is 18.8. The van der Waals surface area contributed by atoms with Crippen LogP contribution in [-0.4, -0.2) is 58.6 Å².